The van der Waals surface area contributed by atoms with Gasteiger partial charge in [0, 0.05) is 41.9 Å². The van der Waals surface area contributed by atoms with Crippen molar-refractivity contribution in [3.05, 3.63) is 186 Å². The van der Waals surface area contributed by atoms with E-state index in [-0.39, 0.29) is 5.41 Å². The van der Waals surface area contributed by atoms with E-state index in [9.17, 15) is 0 Å². The van der Waals surface area contributed by atoms with Crippen molar-refractivity contribution in [3.63, 3.8) is 0 Å². The highest BCUT2D eigenvalue weighted by Gasteiger charge is 2.54. The van der Waals surface area contributed by atoms with Crippen LogP contribution in [0.15, 0.2) is 183 Å². The molecule has 0 saturated heterocycles. The lowest BCUT2D eigenvalue weighted by molar-refractivity contribution is 0.469. The summed E-state index contributed by atoms with van der Waals surface area (Å²) in [6.07, 6.45) is 0. The molecule has 1 aromatic heterocycles. The van der Waals surface area contributed by atoms with Gasteiger partial charge in [-0.15, -0.1) is 0 Å². The van der Waals surface area contributed by atoms with Crippen molar-refractivity contribution in [2.45, 2.75) is 51.3 Å². The predicted octanol–water partition coefficient (Wildman–Crippen LogP) is 13.9. The van der Waals surface area contributed by atoms with Crippen LogP contribution in [0.5, 0.6) is 0 Å². The molecule has 0 N–H and O–H groups in total. The Bertz CT molecular complexity index is 2720. The second-order valence-corrected chi connectivity index (χ2v) is 18.2. The van der Waals surface area contributed by atoms with E-state index in [0.29, 0.717) is 0 Å². The third-order valence-electron chi connectivity index (χ3n) is 11.8. The third kappa shape index (κ3) is 4.31. The molecule has 0 bridgehead atoms. The van der Waals surface area contributed by atoms with Crippen LogP contribution in [-0.4, -0.2) is 9.78 Å². The van der Waals surface area contributed by atoms with Gasteiger partial charge in [0.2, 0.25) is 0 Å². The summed E-state index contributed by atoms with van der Waals surface area (Å²) in [6.45, 7) is 6.80. The van der Waals surface area contributed by atoms with E-state index in [2.05, 4.69) is 199 Å². The van der Waals surface area contributed by atoms with Gasteiger partial charge in [0.1, 0.15) is 5.54 Å². The Morgan fingerprint density at radius 3 is 1.34 bits per heavy atom. The van der Waals surface area contributed by atoms with Gasteiger partial charge in [-0.3, -0.25) is 0 Å². The molecule has 4 nitrogen and oxygen atoms in total. The van der Waals surface area contributed by atoms with Crippen molar-refractivity contribution in [2.24, 2.45) is 0 Å². The van der Waals surface area contributed by atoms with Crippen molar-refractivity contribution in [1.82, 2.24) is 9.78 Å². The minimum Gasteiger partial charge on any atom is -0.308 e. The molecule has 1 spiro atoms. The van der Waals surface area contributed by atoms with Crippen LogP contribution >= 0.6 is 23.5 Å². The number of anilines is 6. The summed E-state index contributed by atoms with van der Waals surface area (Å²) in [5.41, 5.74) is 16.0. The van der Waals surface area contributed by atoms with Crippen LogP contribution in [0.1, 0.15) is 43.2 Å². The highest BCUT2D eigenvalue weighted by molar-refractivity contribution is 8.00. The Labute approximate surface area is 335 Å². The molecule has 4 heterocycles. The number of hydrogen-bond donors (Lipinski definition) is 0. The standard InChI is InChI=1S/C50H36N4S2/c1-49(2,3)48-30-43-35-14-4-5-15-36(35)50(54(43)51-48)37-28-31(52-39-16-6-10-20-44(39)55-45-21-11-7-17-40(45)52)24-26-33(37)34-27-25-32(29-38(34)50)53-41-18-8-12-22-46(41)56-47-23-13-9-19-42(47)53/h4-30H,1-3H3. The molecule has 0 saturated carbocycles. The van der Waals surface area contributed by atoms with Gasteiger partial charge >= 0.3 is 0 Å². The van der Waals surface area contributed by atoms with Crippen molar-refractivity contribution < 1.29 is 0 Å². The van der Waals surface area contributed by atoms with E-state index in [4.69, 9.17) is 5.10 Å². The smallest absolute Gasteiger partial charge is 0.140 e. The van der Waals surface area contributed by atoms with Gasteiger partial charge in [-0.1, -0.05) is 129 Å². The van der Waals surface area contributed by atoms with E-state index in [1.807, 2.05) is 23.5 Å². The Kier molecular flexibility index (Phi) is 6.66. The normalized spacial score (nSPS) is 15.0. The van der Waals surface area contributed by atoms with Crippen LogP contribution in [0.25, 0.3) is 22.4 Å². The summed E-state index contributed by atoms with van der Waals surface area (Å²) in [4.78, 5) is 9.92. The van der Waals surface area contributed by atoms with Crippen LogP contribution in [0.2, 0.25) is 0 Å². The molecule has 56 heavy (non-hydrogen) atoms. The minimum atomic E-state index is -0.695. The maximum absolute atomic E-state index is 5.62. The number of fused-ring (bicyclic) bond motifs is 14. The highest BCUT2D eigenvalue weighted by atomic mass is 32.2. The first-order valence-corrected chi connectivity index (χ1v) is 20.9. The zero-order valence-electron chi connectivity index (χ0n) is 31.2. The lowest BCUT2D eigenvalue weighted by Gasteiger charge is -2.35. The molecule has 8 aromatic rings. The summed E-state index contributed by atoms with van der Waals surface area (Å²) in [7, 11) is 0. The SMILES string of the molecule is CC(C)(C)c1cc2n(n1)C1(c3cc(N4c5ccccc5Sc5ccccc54)ccc3-c3ccc(N4c5ccccc5Sc5ccccc54)cc31)c1ccccc1-2. The van der Waals surface area contributed by atoms with E-state index in [1.165, 1.54) is 75.7 Å². The Morgan fingerprint density at radius 1 is 0.446 bits per heavy atom. The number of rotatable bonds is 2. The van der Waals surface area contributed by atoms with Gasteiger partial charge < -0.3 is 9.80 Å². The number of aromatic nitrogens is 2. The first-order chi connectivity index (χ1) is 27.4. The molecule has 0 amide bonds. The lowest BCUT2D eigenvalue weighted by Crippen LogP contribution is -2.34. The maximum Gasteiger partial charge on any atom is 0.140 e. The summed E-state index contributed by atoms with van der Waals surface area (Å²) < 4.78 is 2.37. The van der Waals surface area contributed by atoms with E-state index >= 15 is 0 Å². The van der Waals surface area contributed by atoms with Crippen LogP contribution in [0, 0.1) is 0 Å². The van der Waals surface area contributed by atoms with Gasteiger partial charge in [0.05, 0.1) is 34.1 Å². The zero-order valence-corrected chi connectivity index (χ0v) is 32.8. The molecule has 4 aliphatic rings. The van der Waals surface area contributed by atoms with Crippen LogP contribution in [0.3, 0.4) is 0 Å². The van der Waals surface area contributed by atoms with E-state index in [1.54, 1.807) is 0 Å². The maximum atomic E-state index is 5.62. The third-order valence-corrected chi connectivity index (χ3v) is 14.1. The number of benzene rings is 7. The second kappa shape index (κ2) is 11.5. The van der Waals surface area contributed by atoms with Crippen LogP contribution in [0.4, 0.5) is 34.1 Å². The first-order valence-electron chi connectivity index (χ1n) is 19.2. The molecule has 0 unspecified atom stereocenters. The largest absolute Gasteiger partial charge is 0.308 e. The number of para-hydroxylation sites is 4. The average molecular weight is 757 g/mol. The van der Waals surface area contributed by atoms with Gasteiger partial charge in [0.15, 0.2) is 0 Å². The molecule has 6 heteroatoms. The minimum absolute atomic E-state index is 0.126. The Hall–Kier alpha value is -5.95. The predicted molar refractivity (Wildman–Crippen MR) is 231 cm³/mol. The Balaban J connectivity index is 1.15. The van der Waals surface area contributed by atoms with Crippen molar-refractivity contribution in [1.29, 1.82) is 0 Å². The molecular weight excluding hydrogens is 721 g/mol. The van der Waals surface area contributed by atoms with Crippen LogP contribution < -0.4 is 9.80 Å². The van der Waals surface area contributed by atoms with Crippen LogP contribution in [-0.2, 0) is 11.0 Å². The highest BCUT2D eigenvalue weighted by Crippen LogP contribution is 2.62. The summed E-state index contributed by atoms with van der Waals surface area (Å²) in [5, 5.41) is 5.62. The van der Waals surface area contributed by atoms with Gasteiger partial charge in [-0.2, -0.15) is 5.10 Å². The summed E-state index contributed by atoms with van der Waals surface area (Å²) in [6, 6.07) is 60.8. The topological polar surface area (TPSA) is 24.3 Å². The fourth-order valence-corrected chi connectivity index (χ4v) is 11.5. The molecule has 1 aliphatic carbocycles. The molecule has 3 aliphatic heterocycles. The van der Waals surface area contributed by atoms with Crippen molar-refractivity contribution in [3.8, 4) is 22.4 Å². The first kappa shape index (κ1) is 32.3. The monoisotopic (exact) mass is 756 g/mol. The van der Waals surface area contributed by atoms with Crippen molar-refractivity contribution >= 4 is 57.6 Å². The second-order valence-electron chi connectivity index (χ2n) is 16.0. The quantitative estimate of drug-likeness (QED) is 0.175. The molecule has 12 rings (SSSR count). The fourth-order valence-electron chi connectivity index (χ4n) is 9.37. The Morgan fingerprint density at radius 2 is 0.875 bits per heavy atom. The fraction of sp³-hybridized carbons (Fsp3) is 0.100. The van der Waals surface area contributed by atoms with Gasteiger partial charge in [-0.25, -0.2) is 4.68 Å². The molecule has 7 aromatic carbocycles. The molecule has 0 atom stereocenters. The molecule has 0 fully saturated rings. The molecule has 268 valence electrons. The average Bonchev–Trinajstić information content (AvgIpc) is 3.88. The van der Waals surface area contributed by atoms with Gasteiger partial charge in [0.25, 0.3) is 0 Å². The van der Waals surface area contributed by atoms with Crippen molar-refractivity contribution in [2.75, 3.05) is 9.80 Å². The molecular formula is C50H36N4S2. The summed E-state index contributed by atoms with van der Waals surface area (Å²) >= 11 is 3.69. The van der Waals surface area contributed by atoms with E-state index in [0.717, 1.165) is 22.8 Å². The number of hydrogen-bond acceptors (Lipinski definition) is 5. The number of nitrogens with zero attached hydrogens (tertiary/aromatic N) is 4. The lowest BCUT2D eigenvalue weighted by atomic mass is 9.80. The zero-order chi connectivity index (χ0) is 37.3. The molecule has 0 radical (unpaired) electrons. The summed E-state index contributed by atoms with van der Waals surface area (Å²) in [5.74, 6) is 0. The van der Waals surface area contributed by atoms with E-state index < -0.39 is 5.54 Å². The van der Waals surface area contributed by atoms with Gasteiger partial charge in [-0.05, 0) is 107 Å².